The van der Waals surface area contributed by atoms with Crippen LogP contribution in [0.15, 0.2) is 35.5 Å². The van der Waals surface area contributed by atoms with Gasteiger partial charge in [0.2, 0.25) is 15.9 Å². The zero-order chi connectivity index (χ0) is 24.2. The van der Waals surface area contributed by atoms with Gasteiger partial charge in [0, 0.05) is 23.3 Å². The van der Waals surface area contributed by atoms with E-state index in [1.807, 2.05) is 0 Å². The van der Waals surface area contributed by atoms with Gasteiger partial charge in [-0.25, -0.2) is 13.1 Å². The SMILES string of the molecule is COc1ccc(C(=O)Nc2cnn(CC(=O)NC3CCCC3)c2)cc1S(=O)(=O)NC(C)(C)C. The van der Waals surface area contributed by atoms with Crippen molar-refractivity contribution in [3.8, 4) is 5.75 Å². The summed E-state index contributed by atoms with van der Waals surface area (Å²) in [6.07, 6.45) is 7.23. The van der Waals surface area contributed by atoms with Crippen LogP contribution in [0.5, 0.6) is 5.75 Å². The number of carbonyl (C=O) groups excluding carboxylic acids is 2. The van der Waals surface area contributed by atoms with Gasteiger partial charge in [-0.2, -0.15) is 5.10 Å². The van der Waals surface area contributed by atoms with E-state index >= 15 is 0 Å². The molecule has 1 saturated carbocycles. The number of carbonyl (C=O) groups is 2. The Labute approximate surface area is 194 Å². The molecule has 3 rings (SSSR count). The summed E-state index contributed by atoms with van der Waals surface area (Å²) in [5.41, 5.74) is -0.181. The number of rotatable bonds is 8. The van der Waals surface area contributed by atoms with E-state index < -0.39 is 21.5 Å². The molecule has 0 atom stereocenters. The third kappa shape index (κ3) is 6.78. The Morgan fingerprint density at radius 3 is 2.55 bits per heavy atom. The van der Waals surface area contributed by atoms with Crippen molar-refractivity contribution in [1.29, 1.82) is 0 Å². The summed E-state index contributed by atoms with van der Waals surface area (Å²) < 4.78 is 34.8. The average molecular weight is 478 g/mol. The van der Waals surface area contributed by atoms with Gasteiger partial charge in [-0.3, -0.25) is 14.3 Å². The molecule has 0 spiro atoms. The maximum Gasteiger partial charge on any atom is 0.255 e. The monoisotopic (exact) mass is 477 g/mol. The molecule has 1 heterocycles. The zero-order valence-corrected chi connectivity index (χ0v) is 20.2. The van der Waals surface area contributed by atoms with Gasteiger partial charge in [0.25, 0.3) is 5.91 Å². The maximum atomic E-state index is 12.8. The number of hydrogen-bond donors (Lipinski definition) is 3. The largest absolute Gasteiger partial charge is 0.495 e. The summed E-state index contributed by atoms with van der Waals surface area (Å²) in [4.78, 5) is 24.8. The normalized spacial score (nSPS) is 14.8. The third-order valence-corrected chi connectivity index (χ3v) is 6.85. The molecule has 0 radical (unpaired) electrons. The van der Waals surface area contributed by atoms with E-state index in [1.165, 1.54) is 36.2 Å². The van der Waals surface area contributed by atoms with Crippen molar-refractivity contribution < 1.29 is 22.7 Å². The highest BCUT2D eigenvalue weighted by Crippen LogP contribution is 2.26. The number of amides is 2. The Morgan fingerprint density at radius 1 is 1.21 bits per heavy atom. The van der Waals surface area contributed by atoms with Crippen molar-refractivity contribution >= 4 is 27.5 Å². The van der Waals surface area contributed by atoms with Crippen LogP contribution in [0.2, 0.25) is 0 Å². The molecule has 2 amide bonds. The molecule has 1 aliphatic rings. The number of sulfonamides is 1. The highest BCUT2D eigenvalue weighted by molar-refractivity contribution is 7.89. The van der Waals surface area contributed by atoms with Crippen molar-refractivity contribution in [2.75, 3.05) is 12.4 Å². The Bertz CT molecular complexity index is 1110. The molecule has 1 fully saturated rings. The van der Waals surface area contributed by atoms with Crippen LogP contribution < -0.4 is 20.1 Å². The van der Waals surface area contributed by atoms with Crippen LogP contribution in [0.4, 0.5) is 5.69 Å². The topological polar surface area (TPSA) is 131 Å². The molecule has 0 saturated heterocycles. The summed E-state index contributed by atoms with van der Waals surface area (Å²) in [5.74, 6) is -0.511. The fourth-order valence-electron chi connectivity index (χ4n) is 3.69. The molecule has 0 bridgehead atoms. The second-order valence-electron chi connectivity index (χ2n) is 9.15. The van der Waals surface area contributed by atoms with E-state index in [9.17, 15) is 18.0 Å². The van der Waals surface area contributed by atoms with Crippen LogP contribution in [0.1, 0.15) is 56.8 Å². The Hall–Kier alpha value is -2.92. The van der Waals surface area contributed by atoms with E-state index in [-0.39, 0.29) is 34.7 Å². The first-order valence-electron chi connectivity index (χ1n) is 10.8. The lowest BCUT2D eigenvalue weighted by molar-refractivity contribution is -0.122. The van der Waals surface area contributed by atoms with Crippen LogP contribution >= 0.6 is 0 Å². The fraction of sp³-hybridized carbons (Fsp3) is 0.500. The van der Waals surface area contributed by atoms with Gasteiger partial charge in [-0.1, -0.05) is 12.8 Å². The third-order valence-electron chi connectivity index (χ3n) is 5.07. The Morgan fingerprint density at radius 2 is 1.91 bits per heavy atom. The number of nitrogens with one attached hydrogen (secondary N) is 3. The fourth-order valence-corrected chi connectivity index (χ4v) is 5.31. The van der Waals surface area contributed by atoms with Gasteiger partial charge in [0.15, 0.2) is 0 Å². The molecular weight excluding hydrogens is 446 g/mol. The number of anilines is 1. The van der Waals surface area contributed by atoms with E-state index in [2.05, 4.69) is 20.5 Å². The number of aromatic nitrogens is 2. The molecule has 11 heteroatoms. The highest BCUT2D eigenvalue weighted by atomic mass is 32.2. The smallest absolute Gasteiger partial charge is 0.255 e. The predicted octanol–water partition coefficient (Wildman–Crippen LogP) is 2.28. The number of nitrogens with zero attached hydrogens (tertiary/aromatic N) is 2. The lowest BCUT2D eigenvalue weighted by atomic mass is 10.1. The molecule has 0 aliphatic heterocycles. The number of ether oxygens (including phenoxy) is 1. The minimum atomic E-state index is -3.93. The van der Waals surface area contributed by atoms with Crippen molar-refractivity contribution in [3.63, 3.8) is 0 Å². The molecule has 0 unspecified atom stereocenters. The van der Waals surface area contributed by atoms with Gasteiger partial charge in [-0.05, 0) is 51.8 Å². The van der Waals surface area contributed by atoms with E-state index in [0.717, 1.165) is 25.7 Å². The zero-order valence-electron chi connectivity index (χ0n) is 19.3. The first kappa shape index (κ1) is 24.7. The second kappa shape index (κ2) is 9.92. The van der Waals surface area contributed by atoms with Gasteiger partial charge >= 0.3 is 0 Å². The van der Waals surface area contributed by atoms with Gasteiger partial charge in [0.1, 0.15) is 17.2 Å². The summed E-state index contributed by atoms with van der Waals surface area (Å²) in [6.45, 7) is 5.22. The second-order valence-corrected chi connectivity index (χ2v) is 10.8. The van der Waals surface area contributed by atoms with Crippen LogP contribution in [0, 0.1) is 0 Å². The van der Waals surface area contributed by atoms with Crippen LogP contribution in [0.25, 0.3) is 0 Å². The van der Waals surface area contributed by atoms with Crippen LogP contribution in [-0.4, -0.2) is 48.7 Å². The quantitative estimate of drug-likeness (QED) is 0.535. The van der Waals surface area contributed by atoms with Crippen molar-refractivity contribution in [2.45, 2.75) is 69.5 Å². The molecule has 1 aliphatic carbocycles. The summed E-state index contributed by atoms with van der Waals surface area (Å²) in [5, 5.41) is 9.79. The maximum absolute atomic E-state index is 12.8. The van der Waals surface area contributed by atoms with Gasteiger partial charge < -0.3 is 15.4 Å². The highest BCUT2D eigenvalue weighted by Gasteiger charge is 2.26. The van der Waals surface area contributed by atoms with Crippen molar-refractivity contribution in [3.05, 3.63) is 36.2 Å². The lowest BCUT2D eigenvalue weighted by Gasteiger charge is -2.21. The average Bonchev–Trinajstić information content (AvgIpc) is 3.37. The number of methoxy groups -OCH3 is 1. The first-order valence-corrected chi connectivity index (χ1v) is 12.3. The predicted molar refractivity (Wildman–Crippen MR) is 124 cm³/mol. The Kier molecular flexibility index (Phi) is 7.43. The van der Waals surface area contributed by atoms with Crippen molar-refractivity contribution in [2.24, 2.45) is 0 Å². The lowest BCUT2D eigenvalue weighted by Crippen LogP contribution is -2.40. The summed E-state index contributed by atoms with van der Waals surface area (Å²) in [6, 6.07) is 4.40. The minimum Gasteiger partial charge on any atom is -0.495 e. The van der Waals surface area contributed by atoms with E-state index in [1.54, 1.807) is 27.0 Å². The molecule has 3 N–H and O–H groups in total. The molecule has 1 aromatic heterocycles. The standard InChI is InChI=1S/C22H31N5O5S/c1-22(2,3)26-33(30,31)19-11-15(9-10-18(19)32-4)21(29)25-17-12-23-27(13-17)14-20(28)24-16-7-5-6-8-16/h9-13,16,26H,5-8,14H2,1-4H3,(H,24,28)(H,25,29). The summed E-state index contributed by atoms with van der Waals surface area (Å²) >= 11 is 0. The van der Waals surface area contributed by atoms with Gasteiger partial charge in [0.05, 0.1) is 19.0 Å². The number of benzene rings is 1. The van der Waals surface area contributed by atoms with Gasteiger partial charge in [-0.15, -0.1) is 0 Å². The minimum absolute atomic E-state index is 0.0514. The summed E-state index contributed by atoms with van der Waals surface area (Å²) in [7, 11) is -2.56. The molecule has 10 nitrogen and oxygen atoms in total. The van der Waals surface area contributed by atoms with Crippen LogP contribution in [-0.2, 0) is 21.4 Å². The van der Waals surface area contributed by atoms with Crippen molar-refractivity contribution in [1.82, 2.24) is 19.8 Å². The molecular formula is C22H31N5O5S. The van der Waals surface area contributed by atoms with E-state index in [0.29, 0.717) is 5.69 Å². The molecule has 180 valence electrons. The Balaban J connectivity index is 1.70. The molecule has 33 heavy (non-hydrogen) atoms. The van der Waals surface area contributed by atoms with Crippen LogP contribution in [0.3, 0.4) is 0 Å². The molecule has 2 aromatic rings. The first-order chi connectivity index (χ1) is 15.5. The molecule has 1 aromatic carbocycles. The number of hydrogen-bond acceptors (Lipinski definition) is 6. The van der Waals surface area contributed by atoms with E-state index in [4.69, 9.17) is 4.74 Å².